The second-order valence-electron chi connectivity index (χ2n) is 6.58. The van der Waals surface area contributed by atoms with Gasteiger partial charge in [0.15, 0.2) is 6.61 Å². The summed E-state index contributed by atoms with van der Waals surface area (Å²) in [5.74, 6) is 0.963. The third-order valence-corrected chi connectivity index (χ3v) is 5.02. The number of aliphatic carboxylic acids is 1. The molecule has 1 aliphatic carbocycles. The highest BCUT2D eigenvalue weighted by molar-refractivity contribution is 6.30. The van der Waals surface area contributed by atoms with Gasteiger partial charge in [0.05, 0.1) is 5.92 Å². The molecule has 1 saturated carbocycles. The normalized spacial score (nSPS) is 18.7. The maximum atomic E-state index is 10.9. The molecule has 0 bridgehead atoms. The highest BCUT2D eigenvalue weighted by atomic mass is 35.5. The molecular formula is C20H17ClN2O4. The number of benzene rings is 2. The first-order valence-corrected chi connectivity index (χ1v) is 9.00. The van der Waals surface area contributed by atoms with E-state index < -0.39 is 5.97 Å². The second-order valence-corrected chi connectivity index (χ2v) is 7.02. The molecule has 1 fully saturated rings. The Bertz CT molecular complexity index is 931. The van der Waals surface area contributed by atoms with Crippen LogP contribution in [0.15, 0.2) is 53.1 Å². The van der Waals surface area contributed by atoms with Crippen LogP contribution in [0.3, 0.4) is 0 Å². The van der Waals surface area contributed by atoms with Gasteiger partial charge in [-0.1, -0.05) is 28.9 Å². The molecule has 3 aromatic rings. The average molecular weight is 385 g/mol. The standard InChI is InChI=1S/C20H17ClN2O4/c21-16-5-1-13(2-6-16)19-22-18(27-23-19)11-26-17-7-3-12(4-8-17)14-9-15(10-14)20(24)25/h1-8,14-15H,9-11H2,(H,24,25). The van der Waals surface area contributed by atoms with Crippen molar-refractivity contribution in [2.45, 2.75) is 25.4 Å². The molecule has 0 saturated heterocycles. The molecule has 0 spiro atoms. The second kappa shape index (κ2) is 7.40. The number of nitrogens with zero attached hydrogens (tertiary/aromatic N) is 2. The van der Waals surface area contributed by atoms with Crippen LogP contribution in [0.5, 0.6) is 5.75 Å². The lowest BCUT2D eigenvalue weighted by molar-refractivity contribution is -0.145. The van der Waals surface area contributed by atoms with Gasteiger partial charge in [0.2, 0.25) is 5.82 Å². The summed E-state index contributed by atoms with van der Waals surface area (Å²) in [5, 5.41) is 13.6. The van der Waals surface area contributed by atoms with Gasteiger partial charge in [0.1, 0.15) is 5.75 Å². The average Bonchev–Trinajstić information content (AvgIpc) is 3.09. The maximum Gasteiger partial charge on any atom is 0.306 e. The van der Waals surface area contributed by atoms with Crippen molar-refractivity contribution in [1.29, 1.82) is 0 Å². The lowest BCUT2D eigenvalue weighted by atomic mass is 9.71. The van der Waals surface area contributed by atoms with Crippen molar-refractivity contribution in [2.75, 3.05) is 0 Å². The molecular weight excluding hydrogens is 368 g/mol. The Morgan fingerprint density at radius 1 is 1.15 bits per heavy atom. The minimum absolute atomic E-state index is 0.171. The topological polar surface area (TPSA) is 85.5 Å². The van der Waals surface area contributed by atoms with Crippen LogP contribution in [-0.4, -0.2) is 21.2 Å². The number of hydrogen-bond donors (Lipinski definition) is 1. The first-order valence-electron chi connectivity index (χ1n) is 8.62. The Morgan fingerprint density at radius 2 is 1.85 bits per heavy atom. The number of rotatable bonds is 6. The molecule has 0 aliphatic heterocycles. The van der Waals surface area contributed by atoms with E-state index in [1.165, 1.54) is 0 Å². The van der Waals surface area contributed by atoms with Crippen molar-refractivity contribution in [3.63, 3.8) is 0 Å². The molecule has 0 atom stereocenters. The van der Waals surface area contributed by atoms with Crippen molar-refractivity contribution in [2.24, 2.45) is 5.92 Å². The molecule has 0 radical (unpaired) electrons. The van der Waals surface area contributed by atoms with E-state index in [9.17, 15) is 4.79 Å². The number of carboxylic acid groups (broad SMARTS) is 1. The Morgan fingerprint density at radius 3 is 2.52 bits per heavy atom. The Kier molecular flexibility index (Phi) is 4.81. The highest BCUT2D eigenvalue weighted by Crippen LogP contribution is 2.41. The summed E-state index contributed by atoms with van der Waals surface area (Å²) in [5.41, 5.74) is 1.96. The predicted octanol–water partition coefficient (Wildman–Crippen LogP) is 4.55. The molecule has 1 aliphatic rings. The summed E-state index contributed by atoms with van der Waals surface area (Å²) >= 11 is 5.88. The van der Waals surface area contributed by atoms with Crippen LogP contribution in [0.25, 0.3) is 11.4 Å². The van der Waals surface area contributed by atoms with E-state index in [0.29, 0.717) is 41.2 Å². The number of carbonyl (C=O) groups is 1. The van der Waals surface area contributed by atoms with E-state index in [1.54, 1.807) is 12.1 Å². The monoisotopic (exact) mass is 384 g/mol. The van der Waals surface area contributed by atoms with Crippen molar-refractivity contribution in [1.82, 2.24) is 10.1 Å². The van der Waals surface area contributed by atoms with E-state index in [4.69, 9.17) is 26.0 Å². The summed E-state index contributed by atoms with van der Waals surface area (Å²) < 4.78 is 10.9. The lowest BCUT2D eigenvalue weighted by Gasteiger charge is -2.32. The Labute approximate surface area is 160 Å². The summed E-state index contributed by atoms with van der Waals surface area (Å²) in [6.45, 7) is 0.171. The van der Waals surface area contributed by atoms with Crippen molar-refractivity contribution < 1.29 is 19.2 Å². The highest BCUT2D eigenvalue weighted by Gasteiger charge is 2.35. The van der Waals surface area contributed by atoms with Crippen LogP contribution in [0, 0.1) is 5.92 Å². The minimum Gasteiger partial charge on any atom is -0.484 e. The molecule has 1 N–H and O–H groups in total. The number of aromatic nitrogens is 2. The molecule has 138 valence electrons. The van der Waals surface area contributed by atoms with Crippen molar-refractivity contribution >= 4 is 17.6 Å². The van der Waals surface area contributed by atoms with Crippen molar-refractivity contribution in [3.8, 4) is 17.1 Å². The Hall–Kier alpha value is -2.86. The van der Waals surface area contributed by atoms with Crippen LogP contribution in [0.2, 0.25) is 5.02 Å². The van der Waals surface area contributed by atoms with E-state index in [0.717, 1.165) is 11.1 Å². The molecule has 4 rings (SSSR count). The van der Waals surface area contributed by atoms with E-state index in [-0.39, 0.29) is 12.5 Å². The van der Waals surface area contributed by atoms with E-state index in [2.05, 4.69) is 10.1 Å². The van der Waals surface area contributed by atoms with Gasteiger partial charge in [0.25, 0.3) is 5.89 Å². The fourth-order valence-electron chi connectivity index (χ4n) is 3.10. The molecule has 0 amide bonds. The SMILES string of the molecule is O=C(O)C1CC(c2ccc(OCc3nc(-c4ccc(Cl)cc4)no3)cc2)C1. The van der Waals surface area contributed by atoms with Gasteiger partial charge in [-0.15, -0.1) is 0 Å². The van der Waals surface area contributed by atoms with Gasteiger partial charge in [-0.05, 0) is 60.7 Å². The minimum atomic E-state index is -0.705. The van der Waals surface area contributed by atoms with Crippen LogP contribution < -0.4 is 4.74 Å². The maximum absolute atomic E-state index is 10.9. The fraction of sp³-hybridized carbons (Fsp3) is 0.250. The van der Waals surface area contributed by atoms with Gasteiger partial charge in [-0.2, -0.15) is 4.98 Å². The van der Waals surface area contributed by atoms with Gasteiger partial charge in [-0.3, -0.25) is 4.79 Å². The quantitative estimate of drug-likeness (QED) is 0.671. The molecule has 6 nitrogen and oxygen atoms in total. The fourth-order valence-corrected chi connectivity index (χ4v) is 3.23. The zero-order valence-electron chi connectivity index (χ0n) is 14.3. The van der Waals surface area contributed by atoms with Gasteiger partial charge < -0.3 is 14.4 Å². The number of carboxylic acids is 1. The third-order valence-electron chi connectivity index (χ3n) is 4.77. The summed E-state index contributed by atoms with van der Waals surface area (Å²) in [6.07, 6.45) is 1.40. The Balaban J connectivity index is 1.33. The molecule has 7 heteroatoms. The summed E-state index contributed by atoms with van der Waals surface area (Å²) in [4.78, 5) is 15.2. The van der Waals surface area contributed by atoms with Gasteiger partial charge in [0, 0.05) is 10.6 Å². The predicted molar refractivity (Wildman–Crippen MR) is 98.6 cm³/mol. The number of halogens is 1. The lowest BCUT2D eigenvalue weighted by Crippen LogP contribution is -2.28. The molecule has 0 unspecified atom stereocenters. The van der Waals surface area contributed by atoms with Crippen LogP contribution in [0.4, 0.5) is 0 Å². The first-order chi connectivity index (χ1) is 13.1. The number of hydrogen-bond acceptors (Lipinski definition) is 5. The number of ether oxygens (including phenoxy) is 1. The van der Waals surface area contributed by atoms with Gasteiger partial charge >= 0.3 is 5.97 Å². The molecule has 27 heavy (non-hydrogen) atoms. The van der Waals surface area contributed by atoms with E-state index >= 15 is 0 Å². The summed E-state index contributed by atoms with van der Waals surface area (Å²) in [7, 11) is 0. The van der Waals surface area contributed by atoms with E-state index in [1.807, 2.05) is 36.4 Å². The third kappa shape index (κ3) is 3.95. The van der Waals surface area contributed by atoms with Crippen LogP contribution >= 0.6 is 11.6 Å². The largest absolute Gasteiger partial charge is 0.484 e. The zero-order valence-corrected chi connectivity index (χ0v) is 15.1. The van der Waals surface area contributed by atoms with Gasteiger partial charge in [-0.25, -0.2) is 0 Å². The zero-order chi connectivity index (χ0) is 18.8. The van der Waals surface area contributed by atoms with Crippen molar-refractivity contribution in [3.05, 3.63) is 65.0 Å². The first kappa shape index (κ1) is 17.5. The molecule has 1 heterocycles. The van der Waals surface area contributed by atoms with Crippen LogP contribution in [0.1, 0.15) is 30.2 Å². The molecule has 1 aromatic heterocycles. The smallest absolute Gasteiger partial charge is 0.306 e. The molecule has 2 aromatic carbocycles. The summed E-state index contributed by atoms with van der Waals surface area (Å²) in [6, 6.07) is 14.9. The van der Waals surface area contributed by atoms with Crippen LogP contribution in [-0.2, 0) is 11.4 Å².